The molecule has 1 aliphatic rings. The van der Waals surface area contributed by atoms with Crippen molar-refractivity contribution in [1.82, 2.24) is 0 Å². The Kier molecular flexibility index (Phi) is 6.40. The number of carboxylic acids is 1. The lowest BCUT2D eigenvalue weighted by atomic mass is 9.76. The fourth-order valence-corrected chi connectivity index (χ4v) is 3.74. The van der Waals surface area contributed by atoms with E-state index in [0.29, 0.717) is 6.42 Å². The molecule has 0 bridgehead atoms. The van der Waals surface area contributed by atoms with Gasteiger partial charge in [-0.2, -0.15) is 4.33 Å². The second kappa shape index (κ2) is 8.11. The van der Waals surface area contributed by atoms with Crippen molar-refractivity contribution in [2.45, 2.75) is 56.3 Å². The molecule has 0 aromatic heterocycles. The number of carboxylic acid groups (broad SMARTS) is 1. The van der Waals surface area contributed by atoms with Crippen molar-refractivity contribution in [2.24, 2.45) is 0 Å². The van der Waals surface area contributed by atoms with Gasteiger partial charge in [0.25, 0.3) is 0 Å². The van der Waals surface area contributed by atoms with E-state index in [1.165, 1.54) is 11.3 Å². The van der Waals surface area contributed by atoms with E-state index in [-0.39, 0.29) is 11.8 Å². The van der Waals surface area contributed by atoms with Crippen molar-refractivity contribution in [2.75, 3.05) is 7.05 Å². The van der Waals surface area contributed by atoms with Gasteiger partial charge >= 0.3 is 5.97 Å². The molecular weight excluding hydrogens is 330 g/mol. The standard InChI is InChI=1S/C17H23NO5S/c1-12-17(2,10-6-4-5-7-16(19)20)14-11-13(24-23-22-21)8-9-15(14)18(12)3/h8-9,11H,4-7,10H2,1-3H3,(H-,19,20,21). The SMILES string of the molecule is CC1=[N+](C)c2ccc(SOO[O-])cc2C1(C)CCCCCC(=O)O. The topological polar surface area (TPSA) is 81.8 Å². The molecule has 2 rings (SSSR count). The van der Waals surface area contributed by atoms with Gasteiger partial charge in [0.2, 0.25) is 5.69 Å². The van der Waals surface area contributed by atoms with Crippen LogP contribution in [-0.4, -0.2) is 28.4 Å². The normalized spacial score (nSPS) is 19.7. The lowest BCUT2D eigenvalue weighted by Gasteiger charge is -2.22. The van der Waals surface area contributed by atoms with Crippen LogP contribution in [0.4, 0.5) is 5.69 Å². The van der Waals surface area contributed by atoms with Crippen LogP contribution in [0.25, 0.3) is 0 Å². The van der Waals surface area contributed by atoms with Crippen LogP contribution in [0.5, 0.6) is 0 Å². The molecular formula is C17H23NO5S. The Hall–Kier alpha value is -1.41. The van der Waals surface area contributed by atoms with Crippen LogP contribution in [0.2, 0.25) is 0 Å². The molecule has 1 aliphatic heterocycles. The molecule has 24 heavy (non-hydrogen) atoms. The van der Waals surface area contributed by atoms with Crippen molar-refractivity contribution in [3.63, 3.8) is 0 Å². The minimum Gasteiger partial charge on any atom is -0.691 e. The smallest absolute Gasteiger partial charge is 0.303 e. The van der Waals surface area contributed by atoms with Gasteiger partial charge in [-0.1, -0.05) is 12.8 Å². The summed E-state index contributed by atoms with van der Waals surface area (Å²) < 4.78 is 6.61. The van der Waals surface area contributed by atoms with E-state index in [1.807, 2.05) is 25.2 Å². The van der Waals surface area contributed by atoms with Crippen LogP contribution in [0.15, 0.2) is 23.1 Å². The lowest BCUT2D eigenvalue weighted by Crippen LogP contribution is -2.29. The number of hydrogen-bond donors (Lipinski definition) is 1. The summed E-state index contributed by atoms with van der Waals surface area (Å²) in [4.78, 5) is 11.4. The van der Waals surface area contributed by atoms with Gasteiger partial charge in [-0.15, -0.1) is 0 Å². The van der Waals surface area contributed by atoms with Crippen molar-refractivity contribution in [1.29, 1.82) is 0 Å². The number of fused-ring (bicyclic) bond motifs is 1. The first kappa shape index (κ1) is 18.9. The Bertz CT molecular complexity index is 646. The van der Waals surface area contributed by atoms with E-state index in [2.05, 4.69) is 27.8 Å². The summed E-state index contributed by atoms with van der Waals surface area (Å²) in [5, 5.41) is 22.2. The molecule has 1 unspecified atom stereocenters. The first-order valence-electron chi connectivity index (χ1n) is 7.97. The molecule has 0 fully saturated rings. The van der Waals surface area contributed by atoms with E-state index in [4.69, 9.17) is 5.11 Å². The van der Waals surface area contributed by atoms with Crippen LogP contribution < -0.4 is 5.26 Å². The second-order valence-electron chi connectivity index (χ2n) is 6.33. The van der Waals surface area contributed by atoms with Gasteiger partial charge in [-0.05, 0) is 31.9 Å². The quantitative estimate of drug-likeness (QED) is 0.242. The molecule has 1 aromatic rings. The van der Waals surface area contributed by atoms with Gasteiger partial charge in [0, 0.05) is 29.9 Å². The number of benzene rings is 1. The van der Waals surface area contributed by atoms with Gasteiger partial charge in [0.15, 0.2) is 5.71 Å². The van der Waals surface area contributed by atoms with Crippen molar-refractivity contribution < 1.29 is 29.1 Å². The maximum absolute atomic E-state index is 10.6. The van der Waals surface area contributed by atoms with Gasteiger partial charge in [0.05, 0.1) is 17.5 Å². The Morgan fingerprint density at radius 3 is 2.79 bits per heavy atom. The zero-order chi connectivity index (χ0) is 17.7. The van der Waals surface area contributed by atoms with Crippen LogP contribution >= 0.6 is 12.0 Å². The van der Waals surface area contributed by atoms with Gasteiger partial charge in [0.1, 0.15) is 7.05 Å². The fraction of sp³-hybridized carbons (Fsp3) is 0.529. The van der Waals surface area contributed by atoms with Crippen molar-refractivity contribution >= 4 is 29.4 Å². The Labute approximate surface area is 146 Å². The van der Waals surface area contributed by atoms with E-state index < -0.39 is 5.97 Å². The highest BCUT2D eigenvalue weighted by molar-refractivity contribution is 7.94. The molecule has 1 aromatic carbocycles. The summed E-state index contributed by atoms with van der Waals surface area (Å²) in [6.45, 7) is 4.34. The van der Waals surface area contributed by atoms with Crippen LogP contribution in [0.1, 0.15) is 51.5 Å². The van der Waals surface area contributed by atoms with E-state index in [0.717, 1.165) is 41.9 Å². The third-order valence-corrected chi connectivity index (χ3v) is 5.52. The second-order valence-corrected chi connectivity index (χ2v) is 7.10. The first-order chi connectivity index (χ1) is 11.4. The summed E-state index contributed by atoms with van der Waals surface area (Å²) in [5.41, 5.74) is 3.49. The van der Waals surface area contributed by atoms with Gasteiger partial charge < -0.3 is 10.4 Å². The predicted molar refractivity (Wildman–Crippen MR) is 89.1 cm³/mol. The molecule has 0 aliphatic carbocycles. The predicted octanol–water partition coefficient (Wildman–Crippen LogP) is 2.96. The molecule has 132 valence electrons. The van der Waals surface area contributed by atoms with Gasteiger partial charge in [-0.25, -0.2) is 4.58 Å². The maximum Gasteiger partial charge on any atom is 0.303 e. The Balaban J connectivity index is 2.13. The molecule has 1 atom stereocenters. The average molecular weight is 353 g/mol. The highest BCUT2D eigenvalue weighted by atomic mass is 32.2. The largest absolute Gasteiger partial charge is 0.691 e. The van der Waals surface area contributed by atoms with Crippen LogP contribution in [0.3, 0.4) is 0 Å². The summed E-state index contributed by atoms with van der Waals surface area (Å²) in [7, 11) is 2.05. The molecule has 0 spiro atoms. The molecule has 0 amide bonds. The number of hydrogen-bond acceptors (Lipinski definition) is 5. The molecule has 0 radical (unpaired) electrons. The lowest BCUT2D eigenvalue weighted by molar-refractivity contribution is -0.777. The molecule has 7 heteroatoms. The first-order valence-corrected chi connectivity index (χ1v) is 8.71. The summed E-state index contributed by atoms with van der Waals surface area (Å²) >= 11 is 0.897. The highest BCUT2D eigenvalue weighted by Crippen LogP contribution is 2.44. The van der Waals surface area contributed by atoms with E-state index >= 15 is 0 Å². The number of rotatable bonds is 9. The molecule has 0 saturated carbocycles. The minimum absolute atomic E-state index is 0.109. The number of aliphatic carboxylic acids is 1. The van der Waals surface area contributed by atoms with Crippen LogP contribution in [0, 0.1) is 0 Å². The van der Waals surface area contributed by atoms with Gasteiger partial charge in [-0.3, -0.25) is 9.83 Å². The van der Waals surface area contributed by atoms with E-state index in [1.54, 1.807) is 0 Å². The zero-order valence-electron chi connectivity index (χ0n) is 14.2. The average Bonchev–Trinajstić information content (AvgIpc) is 2.74. The number of nitrogens with zero attached hydrogens (tertiary/aromatic N) is 1. The van der Waals surface area contributed by atoms with Crippen LogP contribution in [-0.2, 0) is 19.6 Å². The molecule has 1 heterocycles. The zero-order valence-corrected chi connectivity index (χ0v) is 15.0. The molecule has 1 N–H and O–H groups in total. The minimum atomic E-state index is -0.739. The fourth-order valence-electron chi connectivity index (χ4n) is 3.35. The molecule has 6 nitrogen and oxygen atoms in total. The van der Waals surface area contributed by atoms with E-state index in [9.17, 15) is 10.1 Å². The summed E-state index contributed by atoms with van der Waals surface area (Å²) in [6, 6.07) is 5.94. The summed E-state index contributed by atoms with van der Waals surface area (Å²) in [5.74, 6) is -0.739. The third-order valence-electron chi connectivity index (χ3n) is 4.95. The highest BCUT2D eigenvalue weighted by Gasteiger charge is 2.44. The van der Waals surface area contributed by atoms with Crippen molar-refractivity contribution in [3.05, 3.63) is 23.8 Å². The number of carbonyl (C=O) groups is 1. The Morgan fingerprint density at radius 2 is 2.12 bits per heavy atom. The molecule has 0 saturated heterocycles. The van der Waals surface area contributed by atoms with Crippen molar-refractivity contribution in [3.8, 4) is 0 Å². The monoisotopic (exact) mass is 353 g/mol. The third kappa shape index (κ3) is 3.97. The Morgan fingerprint density at radius 1 is 1.38 bits per heavy atom. The summed E-state index contributed by atoms with van der Waals surface area (Å²) in [6.07, 6.45) is 3.74. The number of unbranched alkanes of at least 4 members (excludes halogenated alkanes) is 2. The maximum atomic E-state index is 10.6.